The number of aromatic nitrogens is 3. The van der Waals surface area contributed by atoms with Crippen molar-refractivity contribution in [3.8, 4) is 5.82 Å². The summed E-state index contributed by atoms with van der Waals surface area (Å²) in [7, 11) is 5.74. The zero-order valence-electron chi connectivity index (χ0n) is 11.0. The SMILES string of the molecule is [B]N1CCC(c2cn(-c3ncc(N)cc3F)cn2)CC1. The molecule has 102 valence electrons. The molecule has 1 aliphatic heterocycles. The average molecular weight is 271 g/mol. The summed E-state index contributed by atoms with van der Waals surface area (Å²) in [5.41, 5.74) is 6.76. The van der Waals surface area contributed by atoms with Crippen LogP contribution in [0, 0.1) is 5.82 Å². The molecule has 5 nitrogen and oxygen atoms in total. The second kappa shape index (κ2) is 5.24. The van der Waals surface area contributed by atoms with Crippen LogP contribution in [0.2, 0.25) is 0 Å². The van der Waals surface area contributed by atoms with Gasteiger partial charge in [-0.1, -0.05) is 0 Å². The predicted molar refractivity (Wildman–Crippen MR) is 75.0 cm³/mol. The molecular formula is C13H15BFN5. The Labute approximate surface area is 118 Å². The van der Waals surface area contributed by atoms with Crippen LogP contribution < -0.4 is 5.73 Å². The summed E-state index contributed by atoms with van der Waals surface area (Å²) < 4.78 is 15.4. The largest absolute Gasteiger partial charge is 0.397 e. The summed E-state index contributed by atoms with van der Waals surface area (Å²) in [6.45, 7) is 1.71. The molecule has 0 spiro atoms. The predicted octanol–water partition coefficient (Wildman–Crippen LogP) is 1.25. The van der Waals surface area contributed by atoms with Crippen LogP contribution in [0.3, 0.4) is 0 Å². The molecule has 0 atom stereocenters. The molecule has 3 rings (SSSR count). The number of nitrogens with two attached hydrogens (primary N) is 1. The summed E-state index contributed by atoms with van der Waals surface area (Å²) in [5, 5.41) is 0. The van der Waals surface area contributed by atoms with Crippen molar-refractivity contribution in [2.24, 2.45) is 0 Å². The third-order valence-electron chi connectivity index (χ3n) is 3.64. The first-order valence-electron chi connectivity index (χ1n) is 6.58. The molecule has 2 aromatic heterocycles. The molecule has 2 radical (unpaired) electrons. The topological polar surface area (TPSA) is 60.0 Å². The minimum absolute atomic E-state index is 0.217. The lowest BCUT2D eigenvalue weighted by Crippen LogP contribution is -2.30. The highest BCUT2D eigenvalue weighted by Gasteiger charge is 2.20. The molecule has 2 N–H and O–H groups in total. The van der Waals surface area contributed by atoms with Crippen molar-refractivity contribution >= 4 is 13.7 Å². The summed E-state index contributed by atoms with van der Waals surface area (Å²) in [5.74, 6) is 0.132. The van der Waals surface area contributed by atoms with E-state index in [1.54, 1.807) is 10.9 Å². The Hall–Kier alpha value is -1.89. The van der Waals surface area contributed by atoms with Gasteiger partial charge in [-0.25, -0.2) is 14.4 Å². The van der Waals surface area contributed by atoms with Crippen LogP contribution in [0.25, 0.3) is 5.82 Å². The van der Waals surface area contributed by atoms with Gasteiger partial charge in [0.15, 0.2) is 19.6 Å². The number of nitrogens with zero attached hydrogens (tertiary/aromatic N) is 4. The van der Waals surface area contributed by atoms with Gasteiger partial charge in [0.2, 0.25) is 0 Å². The third kappa shape index (κ3) is 2.53. The molecule has 1 saturated heterocycles. The van der Waals surface area contributed by atoms with E-state index in [4.69, 9.17) is 13.7 Å². The maximum absolute atomic E-state index is 13.8. The molecule has 3 heterocycles. The molecule has 0 bridgehead atoms. The highest BCUT2D eigenvalue weighted by molar-refractivity contribution is 6.04. The molecule has 0 aliphatic carbocycles. The van der Waals surface area contributed by atoms with Crippen LogP contribution in [0.15, 0.2) is 24.8 Å². The quantitative estimate of drug-likeness (QED) is 0.835. The molecule has 0 aromatic carbocycles. The Morgan fingerprint density at radius 2 is 2.05 bits per heavy atom. The second-order valence-corrected chi connectivity index (χ2v) is 5.09. The number of hydrogen-bond acceptors (Lipinski definition) is 4. The molecule has 7 heteroatoms. The molecule has 20 heavy (non-hydrogen) atoms. The Morgan fingerprint density at radius 3 is 2.75 bits per heavy atom. The van der Waals surface area contributed by atoms with Crippen LogP contribution in [0.1, 0.15) is 24.5 Å². The van der Waals surface area contributed by atoms with Gasteiger partial charge >= 0.3 is 0 Å². The fraction of sp³-hybridized carbons (Fsp3) is 0.385. The number of nitrogen functional groups attached to an aromatic ring is 1. The lowest BCUT2D eigenvalue weighted by atomic mass is 9.92. The number of rotatable bonds is 2. The van der Waals surface area contributed by atoms with E-state index in [2.05, 4.69) is 9.97 Å². The van der Waals surface area contributed by atoms with E-state index < -0.39 is 5.82 Å². The van der Waals surface area contributed by atoms with E-state index >= 15 is 0 Å². The first kappa shape index (κ1) is 13.1. The first-order chi connectivity index (χ1) is 9.63. The minimum Gasteiger partial charge on any atom is -0.397 e. The zero-order chi connectivity index (χ0) is 14.1. The number of imidazole rings is 1. The standard InChI is InChI=1S/C13H15BFN5/c14-20-3-1-9(2-4-20)12-7-19(8-18-12)13-11(15)5-10(16)6-17-13/h5-9H,1-4,16H2. The van der Waals surface area contributed by atoms with Crippen LogP contribution >= 0.6 is 0 Å². The van der Waals surface area contributed by atoms with Gasteiger partial charge in [0.1, 0.15) is 6.33 Å². The van der Waals surface area contributed by atoms with Crippen molar-refractivity contribution in [2.75, 3.05) is 18.8 Å². The minimum atomic E-state index is -0.453. The van der Waals surface area contributed by atoms with Gasteiger partial charge in [0, 0.05) is 18.2 Å². The van der Waals surface area contributed by atoms with Gasteiger partial charge in [-0.05, 0) is 25.9 Å². The summed E-state index contributed by atoms with van der Waals surface area (Å²) in [6, 6.07) is 1.26. The van der Waals surface area contributed by atoms with E-state index in [0.717, 1.165) is 31.6 Å². The van der Waals surface area contributed by atoms with Crippen LogP contribution in [-0.2, 0) is 0 Å². The molecule has 2 aromatic rings. The number of anilines is 1. The van der Waals surface area contributed by atoms with E-state index in [0.29, 0.717) is 11.6 Å². The summed E-state index contributed by atoms with van der Waals surface area (Å²) >= 11 is 0. The van der Waals surface area contributed by atoms with Crippen molar-refractivity contribution in [1.82, 2.24) is 19.3 Å². The fourth-order valence-corrected chi connectivity index (χ4v) is 2.50. The van der Waals surface area contributed by atoms with Gasteiger partial charge < -0.3 is 10.5 Å². The number of halogens is 1. The maximum atomic E-state index is 13.8. The van der Waals surface area contributed by atoms with Gasteiger partial charge in [-0.3, -0.25) is 4.57 Å². The average Bonchev–Trinajstić information content (AvgIpc) is 2.89. The summed E-state index contributed by atoms with van der Waals surface area (Å²) in [6.07, 6.45) is 6.78. The van der Waals surface area contributed by atoms with Gasteiger partial charge in [-0.15, -0.1) is 0 Å². The Bertz CT molecular complexity index is 607. The van der Waals surface area contributed by atoms with Crippen LogP contribution in [-0.4, -0.2) is 40.4 Å². The Balaban J connectivity index is 1.83. The lowest BCUT2D eigenvalue weighted by molar-refractivity contribution is 0.332. The normalized spacial score (nSPS) is 17.4. The number of pyridine rings is 1. The smallest absolute Gasteiger partial charge is 0.182 e. The third-order valence-corrected chi connectivity index (χ3v) is 3.64. The fourth-order valence-electron chi connectivity index (χ4n) is 2.50. The molecule has 1 fully saturated rings. The van der Waals surface area contributed by atoms with Crippen molar-refractivity contribution in [3.63, 3.8) is 0 Å². The van der Waals surface area contributed by atoms with Crippen molar-refractivity contribution in [1.29, 1.82) is 0 Å². The molecular weight excluding hydrogens is 256 g/mol. The zero-order valence-corrected chi connectivity index (χ0v) is 11.0. The molecule has 0 amide bonds. The van der Waals surface area contributed by atoms with Gasteiger partial charge in [0.25, 0.3) is 0 Å². The van der Waals surface area contributed by atoms with Crippen molar-refractivity contribution in [2.45, 2.75) is 18.8 Å². The van der Waals surface area contributed by atoms with E-state index in [-0.39, 0.29) is 5.82 Å². The summed E-state index contributed by atoms with van der Waals surface area (Å²) in [4.78, 5) is 10.2. The number of piperidine rings is 1. The molecule has 0 unspecified atom stereocenters. The van der Waals surface area contributed by atoms with Crippen LogP contribution in [0.4, 0.5) is 10.1 Å². The van der Waals surface area contributed by atoms with Crippen molar-refractivity contribution in [3.05, 3.63) is 36.3 Å². The van der Waals surface area contributed by atoms with Crippen molar-refractivity contribution < 1.29 is 4.39 Å². The monoisotopic (exact) mass is 271 g/mol. The van der Waals surface area contributed by atoms with E-state index in [1.807, 2.05) is 11.0 Å². The van der Waals surface area contributed by atoms with Gasteiger partial charge in [-0.2, -0.15) is 0 Å². The van der Waals surface area contributed by atoms with E-state index in [1.165, 1.54) is 12.3 Å². The molecule has 1 aliphatic rings. The second-order valence-electron chi connectivity index (χ2n) is 5.09. The van der Waals surface area contributed by atoms with Crippen LogP contribution in [0.5, 0.6) is 0 Å². The molecule has 0 saturated carbocycles. The Morgan fingerprint density at radius 1 is 1.30 bits per heavy atom. The maximum Gasteiger partial charge on any atom is 0.182 e. The number of hydrogen-bond donors (Lipinski definition) is 1. The Kier molecular flexibility index (Phi) is 3.44. The van der Waals surface area contributed by atoms with Gasteiger partial charge in [0.05, 0.1) is 17.6 Å². The first-order valence-corrected chi connectivity index (χ1v) is 6.58. The van der Waals surface area contributed by atoms with E-state index in [9.17, 15) is 4.39 Å². The lowest BCUT2D eigenvalue weighted by Gasteiger charge is -2.28. The highest BCUT2D eigenvalue weighted by Crippen LogP contribution is 2.26. The highest BCUT2D eigenvalue weighted by atomic mass is 19.1.